The molecule has 1 amide bonds. The van der Waals surface area contributed by atoms with Gasteiger partial charge in [0.25, 0.3) is 0 Å². The van der Waals surface area contributed by atoms with Gasteiger partial charge in [-0.15, -0.1) is 10.2 Å². The van der Waals surface area contributed by atoms with Crippen molar-refractivity contribution >= 4 is 23.4 Å². The van der Waals surface area contributed by atoms with Crippen LogP contribution < -0.4 is 4.90 Å². The third kappa shape index (κ3) is 2.75. The minimum Gasteiger partial charge on any atom is -0.308 e. The zero-order valence-electron chi connectivity index (χ0n) is 13.1. The molecule has 1 aromatic carbocycles. The van der Waals surface area contributed by atoms with Gasteiger partial charge in [0.2, 0.25) is 5.91 Å². The van der Waals surface area contributed by atoms with Gasteiger partial charge in [-0.2, -0.15) is 0 Å². The van der Waals surface area contributed by atoms with Gasteiger partial charge in [-0.25, -0.2) is 0 Å². The summed E-state index contributed by atoms with van der Waals surface area (Å²) in [7, 11) is 0. The largest absolute Gasteiger partial charge is 0.308 e. The lowest BCUT2D eigenvalue weighted by Gasteiger charge is -2.22. The quantitative estimate of drug-likeness (QED) is 0.814. The summed E-state index contributed by atoms with van der Waals surface area (Å²) in [6, 6.07) is 8.64. The predicted octanol–water partition coefficient (Wildman–Crippen LogP) is 2.93. The molecule has 0 fully saturated rings. The molecule has 0 N–H and O–H groups in total. The van der Waals surface area contributed by atoms with Crippen molar-refractivity contribution in [2.75, 3.05) is 10.7 Å². The van der Waals surface area contributed by atoms with Crippen LogP contribution >= 0.6 is 11.8 Å². The second kappa shape index (κ2) is 6.12. The normalized spacial score (nSPS) is 17.1. The van der Waals surface area contributed by atoms with E-state index in [4.69, 9.17) is 0 Å². The maximum Gasteiger partial charge on any atom is 0.237 e. The maximum absolute atomic E-state index is 12.6. The number of anilines is 1. The van der Waals surface area contributed by atoms with E-state index in [0.29, 0.717) is 11.8 Å². The van der Waals surface area contributed by atoms with E-state index in [9.17, 15) is 4.79 Å². The van der Waals surface area contributed by atoms with Gasteiger partial charge in [0, 0.05) is 17.8 Å². The minimum absolute atomic E-state index is 0.126. The monoisotopic (exact) mass is 316 g/mol. The van der Waals surface area contributed by atoms with Crippen molar-refractivity contribution in [1.29, 1.82) is 0 Å². The number of thioether (sulfide) groups is 1. The predicted molar refractivity (Wildman–Crippen MR) is 88.2 cm³/mol. The lowest BCUT2D eigenvalue weighted by Crippen LogP contribution is -2.37. The number of carbonyl (C=O) groups is 1. The van der Waals surface area contributed by atoms with Gasteiger partial charge in [-0.1, -0.05) is 30.0 Å². The smallest absolute Gasteiger partial charge is 0.237 e. The van der Waals surface area contributed by atoms with Crippen LogP contribution in [0, 0.1) is 0 Å². The molecule has 22 heavy (non-hydrogen) atoms. The highest BCUT2D eigenvalue weighted by atomic mass is 32.2. The topological polar surface area (TPSA) is 51.0 Å². The van der Waals surface area contributed by atoms with E-state index >= 15 is 0 Å². The van der Waals surface area contributed by atoms with Crippen molar-refractivity contribution in [3.8, 4) is 0 Å². The first-order valence-corrected chi connectivity index (χ1v) is 8.48. The summed E-state index contributed by atoms with van der Waals surface area (Å²) in [6.45, 7) is 6.25. The molecule has 3 rings (SSSR count). The summed E-state index contributed by atoms with van der Waals surface area (Å²) in [6.07, 6.45) is 2.64. The van der Waals surface area contributed by atoms with Gasteiger partial charge in [-0.05, 0) is 38.8 Å². The molecule has 2 aromatic rings. The van der Waals surface area contributed by atoms with Crippen LogP contribution in [0.1, 0.15) is 32.4 Å². The molecule has 2 heterocycles. The van der Waals surface area contributed by atoms with Gasteiger partial charge in [0.05, 0.1) is 5.75 Å². The van der Waals surface area contributed by atoms with Crippen LogP contribution in [-0.2, 0) is 11.2 Å². The van der Waals surface area contributed by atoms with Crippen LogP contribution in [-0.4, -0.2) is 32.5 Å². The van der Waals surface area contributed by atoms with Crippen molar-refractivity contribution in [1.82, 2.24) is 14.8 Å². The Hall–Kier alpha value is -1.82. The van der Waals surface area contributed by atoms with Crippen molar-refractivity contribution in [3.63, 3.8) is 0 Å². The van der Waals surface area contributed by atoms with Crippen LogP contribution in [0.2, 0.25) is 0 Å². The highest BCUT2D eigenvalue weighted by molar-refractivity contribution is 7.99. The lowest BCUT2D eigenvalue weighted by atomic mass is 10.1. The van der Waals surface area contributed by atoms with Crippen molar-refractivity contribution in [3.05, 3.63) is 36.2 Å². The fourth-order valence-corrected chi connectivity index (χ4v) is 3.73. The standard InChI is InChI=1S/C16H20N4OS/c1-11(2)19-10-17-18-16(19)22-9-15(21)20-12(3)8-13-6-4-5-7-14(13)20/h4-7,10-12H,8-9H2,1-3H3. The second-order valence-electron chi connectivity index (χ2n) is 5.85. The molecule has 0 spiro atoms. The first kappa shape index (κ1) is 15.1. The van der Waals surface area contributed by atoms with E-state index in [1.807, 2.05) is 27.7 Å². The zero-order chi connectivity index (χ0) is 15.7. The fourth-order valence-electron chi connectivity index (χ4n) is 2.83. The summed E-state index contributed by atoms with van der Waals surface area (Å²) in [5.41, 5.74) is 2.30. The third-order valence-corrected chi connectivity index (χ3v) is 4.84. The molecule has 0 saturated heterocycles. The molecular formula is C16H20N4OS. The van der Waals surface area contributed by atoms with E-state index in [0.717, 1.165) is 17.3 Å². The Morgan fingerprint density at radius 1 is 1.41 bits per heavy atom. The van der Waals surface area contributed by atoms with Crippen molar-refractivity contribution < 1.29 is 4.79 Å². The molecule has 0 bridgehead atoms. The first-order chi connectivity index (χ1) is 10.6. The van der Waals surface area contributed by atoms with Crippen LogP contribution in [0.3, 0.4) is 0 Å². The van der Waals surface area contributed by atoms with Crippen LogP contribution in [0.15, 0.2) is 35.7 Å². The summed E-state index contributed by atoms with van der Waals surface area (Å²) in [4.78, 5) is 14.6. The van der Waals surface area contributed by atoms with E-state index < -0.39 is 0 Å². The summed E-state index contributed by atoms with van der Waals surface area (Å²) in [5, 5.41) is 8.84. The van der Waals surface area contributed by atoms with Crippen molar-refractivity contribution in [2.24, 2.45) is 0 Å². The van der Waals surface area contributed by atoms with E-state index in [-0.39, 0.29) is 11.9 Å². The average Bonchev–Trinajstić information content (AvgIpc) is 3.07. The Kier molecular flexibility index (Phi) is 4.20. The number of rotatable bonds is 4. The van der Waals surface area contributed by atoms with Crippen LogP contribution in [0.4, 0.5) is 5.69 Å². The molecule has 0 saturated carbocycles. The van der Waals surface area contributed by atoms with Gasteiger partial charge in [0.1, 0.15) is 6.33 Å². The summed E-state index contributed by atoms with van der Waals surface area (Å²) in [5.74, 6) is 0.505. The van der Waals surface area contributed by atoms with Gasteiger partial charge < -0.3 is 9.47 Å². The highest BCUT2D eigenvalue weighted by Crippen LogP contribution is 2.32. The molecule has 116 valence electrons. The second-order valence-corrected chi connectivity index (χ2v) is 6.79. The first-order valence-electron chi connectivity index (χ1n) is 7.50. The number of amides is 1. The van der Waals surface area contributed by atoms with Crippen LogP contribution in [0.25, 0.3) is 0 Å². The van der Waals surface area contributed by atoms with Crippen LogP contribution in [0.5, 0.6) is 0 Å². The number of hydrogen-bond donors (Lipinski definition) is 0. The van der Waals surface area contributed by atoms with Gasteiger partial charge in [-0.3, -0.25) is 4.79 Å². The Balaban J connectivity index is 1.71. The van der Waals surface area contributed by atoms with E-state index in [2.05, 4.69) is 37.0 Å². The zero-order valence-corrected chi connectivity index (χ0v) is 13.9. The maximum atomic E-state index is 12.6. The SMILES string of the molecule is CC1Cc2ccccc2N1C(=O)CSc1nncn1C(C)C. The lowest BCUT2D eigenvalue weighted by molar-refractivity contribution is -0.116. The number of benzene rings is 1. The molecule has 0 radical (unpaired) electrons. The molecule has 1 aromatic heterocycles. The summed E-state index contributed by atoms with van der Waals surface area (Å²) < 4.78 is 1.99. The number of nitrogens with zero attached hydrogens (tertiary/aromatic N) is 4. The summed E-state index contributed by atoms with van der Waals surface area (Å²) >= 11 is 1.45. The van der Waals surface area contributed by atoms with E-state index in [1.165, 1.54) is 17.3 Å². The van der Waals surface area contributed by atoms with E-state index in [1.54, 1.807) is 6.33 Å². The average molecular weight is 316 g/mol. The number of para-hydroxylation sites is 1. The van der Waals surface area contributed by atoms with Crippen molar-refractivity contribution in [2.45, 2.75) is 44.4 Å². The molecular weight excluding hydrogens is 296 g/mol. The minimum atomic E-state index is 0.126. The number of fused-ring (bicyclic) bond motifs is 1. The number of carbonyl (C=O) groups excluding carboxylic acids is 1. The van der Waals surface area contributed by atoms with Gasteiger partial charge >= 0.3 is 0 Å². The molecule has 1 aliphatic rings. The molecule has 0 aliphatic carbocycles. The Labute approximate surface area is 134 Å². The molecule has 1 atom stereocenters. The fraction of sp³-hybridized carbons (Fsp3) is 0.438. The highest BCUT2D eigenvalue weighted by Gasteiger charge is 2.30. The molecule has 5 nitrogen and oxygen atoms in total. The molecule has 6 heteroatoms. The number of aromatic nitrogens is 3. The third-order valence-electron chi connectivity index (χ3n) is 3.90. The Morgan fingerprint density at radius 3 is 2.95 bits per heavy atom. The van der Waals surface area contributed by atoms with Gasteiger partial charge in [0.15, 0.2) is 5.16 Å². The molecule has 1 aliphatic heterocycles. The Bertz CT molecular complexity index is 682. The Morgan fingerprint density at radius 2 is 2.18 bits per heavy atom. The molecule has 1 unspecified atom stereocenters. The number of hydrogen-bond acceptors (Lipinski definition) is 4.